The summed E-state index contributed by atoms with van der Waals surface area (Å²) in [7, 11) is 4.33. The molecule has 2 fully saturated rings. The van der Waals surface area contributed by atoms with Crippen molar-refractivity contribution in [3.05, 3.63) is 0 Å². The minimum absolute atomic E-state index is 1.06. The van der Waals surface area contributed by atoms with Gasteiger partial charge in [0.1, 0.15) is 0 Å². The molecule has 0 N–H and O–H groups in total. The normalized spacial score (nSPS) is 32.8. The fourth-order valence-electron chi connectivity index (χ4n) is 3.13. The maximum atomic E-state index is 2.69. The van der Waals surface area contributed by atoms with Crippen LogP contribution in [-0.2, 0) is 0 Å². The van der Waals surface area contributed by atoms with Gasteiger partial charge in [-0.05, 0) is 58.3 Å². The lowest BCUT2D eigenvalue weighted by molar-refractivity contribution is 0.284. The molecule has 2 unspecified atom stereocenters. The van der Waals surface area contributed by atoms with Gasteiger partial charge < -0.3 is 9.80 Å². The van der Waals surface area contributed by atoms with Gasteiger partial charge in [-0.25, -0.2) is 0 Å². The summed E-state index contributed by atoms with van der Waals surface area (Å²) >= 11 is 0. The van der Waals surface area contributed by atoms with Gasteiger partial charge in [0.05, 0.1) is 0 Å². The van der Waals surface area contributed by atoms with E-state index >= 15 is 0 Å². The second kappa shape index (κ2) is 4.63. The first kappa shape index (κ1) is 10.4. The zero-order valence-corrected chi connectivity index (χ0v) is 9.71. The largest absolute Gasteiger partial charge is 0.309 e. The van der Waals surface area contributed by atoms with Gasteiger partial charge in [-0.3, -0.25) is 0 Å². The Bertz CT molecular complexity index is 167. The molecule has 0 bridgehead atoms. The molecule has 1 aliphatic carbocycles. The van der Waals surface area contributed by atoms with Crippen molar-refractivity contribution in [3.63, 3.8) is 0 Å². The number of rotatable bonds is 4. The van der Waals surface area contributed by atoms with Gasteiger partial charge >= 0.3 is 0 Å². The molecule has 0 aromatic heterocycles. The van der Waals surface area contributed by atoms with E-state index in [1.165, 1.54) is 51.9 Å². The van der Waals surface area contributed by atoms with Gasteiger partial charge in [0.25, 0.3) is 0 Å². The Kier molecular flexibility index (Phi) is 3.45. The van der Waals surface area contributed by atoms with Crippen molar-refractivity contribution >= 4 is 0 Å². The highest BCUT2D eigenvalue weighted by molar-refractivity contribution is 4.88. The molecule has 82 valence electrons. The first-order valence-corrected chi connectivity index (χ1v) is 6.13. The Balaban J connectivity index is 1.64. The van der Waals surface area contributed by atoms with Gasteiger partial charge in [-0.1, -0.05) is 6.42 Å². The van der Waals surface area contributed by atoms with Crippen LogP contribution >= 0.6 is 0 Å². The van der Waals surface area contributed by atoms with E-state index in [0.29, 0.717) is 0 Å². The Morgan fingerprint density at radius 1 is 1.14 bits per heavy atom. The molecule has 1 aliphatic heterocycles. The summed E-state index contributed by atoms with van der Waals surface area (Å²) in [5.74, 6) is 2.13. The van der Waals surface area contributed by atoms with Crippen LogP contribution in [0.1, 0.15) is 25.7 Å². The number of nitrogens with zero attached hydrogens (tertiary/aromatic N) is 2. The molecular formula is C12H24N2. The van der Waals surface area contributed by atoms with E-state index in [0.717, 1.165) is 11.8 Å². The third-order valence-corrected chi connectivity index (χ3v) is 3.88. The number of hydrogen-bond donors (Lipinski definition) is 0. The number of hydrogen-bond acceptors (Lipinski definition) is 2. The first-order valence-electron chi connectivity index (χ1n) is 6.13. The minimum atomic E-state index is 1.06. The topological polar surface area (TPSA) is 6.48 Å². The standard InChI is InChI=1S/C12H24N2/c1-13(2)7-4-8-14-9-11-5-3-6-12(11)10-14/h11-12H,3-10H2,1-2H3. The molecule has 2 atom stereocenters. The second-order valence-corrected chi connectivity index (χ2v) is 5.37. The predicted octanol–water partition coefficient (Wildman–Crippen LogP) is 1.67. The van der Waals surface area contributed by atoms with E-state index in [9.17, 15) is 0 Å². The Hall–Kier alpha value is -0.0800. The van der Waals surface area contributed by atoms with E-state index in [1.807, 2.05) is 0 Å². The highest BCUT2D eigenvalue weighted by Gasteiger charge is 2.35. The van der Waals surface area contributed by atoms with Gasteiger partial charge in [-0.2, -0.15) is 0 Å². The molecule has 0 spiro atoms. The predicted molar refractivity (Wildman–Crippen MR) is 60.4 cm³/mol. The molecule has 1 heterocycles. The molecule has 1 saturated carbocycles. The smallest absolute Gasteiger partial charge is 0.00129 e. The summed E-state index contributed by atoms with van der Waals surface area (Å²) in [6.45, 7) is 5.37. The van der Waals surface area contributed by atoms with Crippen molar-refractivity contribution in [3.8, 4) is 0 Å². The molecular weight excluding hydrogens is 172 g/mol. The lowest BCUT2D eigenvalue weighted by Gasteiger charge is -2.18. The lowest BCUT2D eigenvalue weighted by atomic mass is 10.0. The van der Waals surface area contributed by atoms with Crippen LogP contribution in [0.4, 0.5) is 0 Å². The van der Waals surface area contributed by atoms with Crippen molar-refractivity contribution in [2.24, 2.45) is 11.8 Å². The zero-order valence-electron chi connectivity index (χ0n) is 9.71. The van der Waals surface area contributed by atoms with E-state index in [2.05, 4.69) is 23.9 Å². The average molecular weight is 196 g/mol. The molecule has 2 rings (SSSR count). The van der Waals surface area contributed by atoms with E-state index in [-0.39, 0.29) is 0 Å². The van der Waals surface area contributed by atoms with E-state index < -0.39 is 0 Å². The van der Waals surface area contributed by atoms with Crippen LogP contribution in [0.2, 0.25) is 0 Å². The first-order chi connectivity index (χ1) is 6.75. The van der Waals surface area contributed by atoms with Gasteiger partial charge in [-0.15, -0.1) is 0 Å². The van der Waals surface area contributed by atoms with Crippen molar-refractivity contribution in [1.29, 1.82) is 0 Å². The molecule has 0 aromatic rings. The molecule has 0 amide bonds. The molecule has 14 heavy (non-hydrogen) atoms. The Morgan fingerprint density at radius 3 is 2.36 bits per heavy atom. The van der Waals surface area contributed by atoms with Crippen molar-refractivity contribution < 1.29 is 0 Å². The van der Waals surface area contributed by atoms with Gasteiger partial charge in [0, 0.05) is 13.1 Å². The summed E-state index contributed by atoms with van der Waals surface area (Å²) in [5, 5.41) is 0. The maximum absolute atomic E-state index is 2.69. The Labute approximate surface area is 88.3 Å². The molecule has 2 aliphatic rings. The fraction of sp³-hybridized carbons (Fsp3) is 1.00. The number of likely N-dealkylation sites (tertiary alicyclic amines) is 1. The van der Waals surface area contributed by atoms with Gasteiger partial charge in [0.15, 0.2) is 0 Å². The molecule has 2 nitrogen and oxygen atoms in total. The van der Waals surface area contributed by atoms with E-state index in [4.69, 9.17) is 0 Å². The summed E-state index contributed by atoms with van der Waals surface area (Å²) in [5.41, 5.74) is 0. The summed E-state index contributed by atoms with van der Waals surface area (Å²) in [6.07, 6.45) is 5.86. The monoisotopic (exact) mass is 196 g/mol. The van der Waals surface area contributed by atoms with Crippen LogP contribution in [0.3, 0.4) is 0 Å². The third-order valence-electron chi connectivity index (χ3n) is 3.88. The van der Waals surface area contributed by atoms with Crippen LogP contribution in [-0.4, -0.2) is 50.1 Å². The zero-order chi connectivity index (χ0) is 9.97. The summed E-state index contributed by atoms with van der Waals surface area (Å²) < 4.78 is 0. The van der Waals surface area contributed by atoms with Crippen LogP contribution < -0.4 is 0 Å². The second-order valence-electron chi connectivity index (χ2n) is 5.37. The lowest BCUT2D eigenvalue weighted by Crippen LogP contribution is -2.26. The van der Waals surface area contributed by atoms with Crippen LogP contribution in [0, 0.1) is 11.8 Å². The van der Waals surface area contributed by atoms with Crippen molar-refractivity contribution in [2.75, 3.05) is 40.3 Å². The van der Waals surface area contributed by atoms with Gasteiger partial charge in [0.2, 0.25) is 0 Å². The van der Waals surface area contributed by atoms with Crippen LogP contribution in [0.5, 0.6) is 0 Å². The van der Waals surface area contributed by atoms with E-state index in [1.54, 1.807) is 0 Å². The van der Waals surface area contributed by atoms with Crippen molar-refractivity contribution in [1.82, 2.24) is 9.80 Å². The minimum Gasteiger partial charge on any atom is -0.309 e. The number of fused-ring (bicyclic) bond motifs is 1. The van der Waals surface area contributed by atoms with Crippen LogP contribution in [0.25, 0.3) is 0 Å². The fourth-order valence-corrected chi connectivity index (χ4v) is 3.13. The maximum Gasteiger partial charge on any atom is 0.00129 e. The summed E-state index contributed by atoms with van der Waals surface area (Å²) in [6, 6.07) is 0. The van der Waals surface area contributed by atoms with Crippen molar-refractivity contribution in [2.45, 2.75) is 25.7 Å². The molecule has 0 radical (unpaired) electrons. The average Bonchev–Trinajstić information content (AvgIpc) is 2.62. The van der Waals surface area contributed by atoms with Crippen LogP contribution in [0.15, 0.2) is 0 Å². The molecule has 0 aromatic carbocycles. The summed E-state index contributed by atoms with van der Waals surface area (Å²) in [4.78, 5) is 4.98. The third kappa shape index (κ3) is 2.48. The molecule has 2 heteroatoms. The highest BCUT2D eigenvalue weighted by atomic mass is 15.2. The highest BCUT2D eigenvalue weighted by Crippen LogP contribution is 2.37. The Morgan fingerprint density at radius 2 is 1.79 bits per heavy atom. The SMILES string of the molecule is CN(C)CCCN1CC2CCCC2C1. The quantitative estimate of drug-likeness (QED) is 0.675. The molecule has 1 saturated heterocycles.